The van der Waals surface area contributed by atoms with Crippen molar-refractivity contribution in [2.24, 2.45) is 0 Å². The minimum Gasteiger partial charge on any atom is -0.490 e. The zero-order chi connectivity index (χ0) is 24.9. The van der Waals surface area contributed by atoms with Crippen molar-refractivity contribution in [1.29, 1.82) is 0 Å². The van der Waals surface area contributed by atoms with Crippen LogP contribution in [-0.2, 0) is 10.0 Å². The monoisotopic (exact) mass is 567 g/mol. The Morgan fingerprint density at radius 3 is 2.38 bits per heavy atom. The molecule has 10 heteroatoms. The van der Waals surface area contributed by atoms with E-state index in [4.69, 9.17) is 17.0 Å². The average Bonchev–Trinajstić information content (AvgIpc) is 2.80. The third kappa shape index (κ3) is 6.78. The minimum absolute atomic E-state index is 0.0435. The smallest absolute Gasteiger partial charge is 0.261 e. The van der Waals surface area contributed by atoms with Crippen molar-refractivity contribution in [3.05, 3.63) is 52.5 Å². The number of rotatable bonds is 7. The van der Waals surface area contributed by atoms with Gasteiger partial charge in [0, 0.05) is 23.2 Å². The number of sulfonamides is 1. The Kier molecular flexibility index (Phi) is 9.08. The third-order valence-electron chi connectivity index (χ3n) is 5.65. The maximum atomic E-state index is 13.0. The van der Waals surface area contributed by atoms with Crippen molar-refractivity contribution in [3.63, 3.8) is 0 Å². The van der Waals surface area contributed by atoms with Crippen LogP contribution in [0.3, 0.4) is 0 Å². The normalized spacial score (nSPS) is 14.8. The zero-order valence-electron chi connectivity index (χ0n) is 19.5. The Bertz CT molecular complexity index is 1130. The zero-order valence-corrected chi connectivity index (χ0v) is 22.7. The maximum Gasteiger partial charge on any atom is 0.261 e. The first-order chi connectivity index (χ1) is 16.1. The van der Waals surface area contributed by atoms with Gasteiger partial charge in [0.1, 0.15) is 5.75 Å². The highest BCUT2D eigenvalue weighted by Gasteiger charge is 2.29. The number of nitrogens with zero attached hydrogens (tertiary/aromatic N) is 1. The van der Waals surface area contributed by atoms with Gasteiger partial charge in [0.15, 0.2) is 5.11 Å². The molecule has 2 aromatic carbocycles. The summed E-state index contributed by atoms with van der Waals surface area (Å²) < 4.78 is 34.0. The van der Waals surface area contributed by atoms with Gasteiger partial charge in [-0.3, -0.25) is 10.1 Å². The quantitative estimate of drug-likeness (QED) is 0.440. The first kappa shape index (κ1) is 26.6. The Morgan fingerprint density at radius 2 is 1.76 bits per heavy atom. The first-order valence-electron chi connectivity index (χ1n) is 11.2. The van der Waals surface area contributed by atoms with Crippen LogP contribution in [0.2, 0.25) is 0 Å². The number of halogens is 1. The number of amides is 1. The van der Waals surface area contributed by atoms with Gasteiger partial charge in [-0.25, -0.2) is 8.42 Å². The summed E-state index contributed by atoms with van der Waals surface area (Å²) in [5.41, 5.74) is 0.914. The number of hydrogen-bond donors (Lipinski definition) is 2. The van der Waals surface area contributed by atoms with E-state index in [-0.39, 0.29) is 22.2 Å². The van der Waals surface area contributed by atoms with Gasteiger partial charge in [-0.2, -0.15) is 4.31 Å². The van der Waals surface area contributed by atoms with E-state index in [2.05, 4.69) is 26.6 Å². The third-order valence-corrected chi connectivity index (χ3v) is 8.28. The molecule has 0 radical (unpaired) electrons. The predicted molar refractivity (Wildman–Crippen MR) is 142 cm³/mol. The van der Waals surface area contributed by atoms with Crippen molar-refractivity contribution in [3.8, 4) is 5.75 Å². The van der Waals surface area contributed by atoms with E-state index >= 15 is 0 Å². The lowest BCUT2D eigenvalue weighted by Gasteiger charge is -2.30. The number of thiocarbonyl (C=S) groups is 1. The van der Waals surface area contributed by atoms with E-state index in [1.807, 2.05) is 13.8 Å². The molecule has 0 saturated heterocycles. The van der Waals surface area contributed by atoms with Crippen LogP contribution >= 0.6 is 28.1 Å². The van der Waals surface area contributed by atoms with Crippen molar-refractivity contribution in [1.82, 2.24) is 9.62 Å². The van der Waals surface area contributed by atoms with Gasteiger partial charge < -0.3 is 10.1 Å². The summed E-state index contributed by atoms with van der Waals surface area (Å²) in [6.45, 7) is 3.76. The summed E-state index contributed by atoms with van der Waals surface area (Å²) >= 11 is 8.66. The molecule has 1 saturated carbocycles. The summed E-state index contributed by atoms with van der Waals surface area (Å²) in [7, 11) is -1.92. The van der Waals surface area contributed by atoms with Gasteiger partial charge in [0.25, 0.3) is 5.91 Å². The summed E-state index contributed by atoms with van der Waals surface area (Å²) in [5.74, 6) is 0.0397. The Hall–Kier alpha value is -2.01. The van der Waals surface area contributed by atoms with Gasteiger partial charge in [-0.05, 0) is 81.4 Å². The van der Waals surface area contributed by atoms with Gasteiger partial charge >= 0.3 is 0 Å². The molecule has 7 nitrogen and oxygen atoms in total. The average molecular weight is 569 g/mol. The molecule has 1 aliphatic rings. The molecule has 1 fully saturated rings. The number of nitrogens with one attached hydrogen (secondary N) is 2. The van der Waals surface area contributed by atoms with Crippen LogP contribution in [0.25, 0.3) is 0 Å². The molecule has 2 aromatic rings. The molecule has 1 aliphatic carbocycles. The standard InChI is InChI=1S/C24H30BrN3O4S2/c1-16(2)32-22-14-9-17(25)15-21(22)23(29)27-24(33)26-18-10-12-20(13-11-18)34(30,31)28(3)19-7-5-4-6-8-19/h9-16,19H,4-8H2,1-3H3,(H2,26,27,29,33). The highest BCUT2D eigenvalue weighted by Crippen LogP contribution is 2.27. The van der Waals surface area contributed by atoms with Crippen LogP contribution in [0.1, 0.15) is 56.3 Å². The van der Waals surface area contributed by atoms with Crippen molar-refractivity contribution in [2.45, 2.75) is 63.0 Å². The summed E-state index contributed by atoms with van der Waals surface area (Å²) in [6.07, 6.45) is 4.97. The second-order valence-corrected chi connectivity index (χ2v) is 11.9. The van der Waals surface area contributed by atoms with E-state index in [1.54, 1.807) is 49.5 Å². The molecule has 0 aliphatic heterocycles. The second kappa shape index (κ2) is 11.6. The molecular formula is C24H30BrN3O4S2. The molecule has 184 valence electrons. The first-order valence-corrected chi connectivity index (χ1v) is 13.9. The molecule has 0 heterocycles. The number of carbonyl (C=O) groups is 1. The highest BCUT2D eigenvalue weighted by molar-refractivity contribution is 9.10. The van der Waals surface area contributed by atoms with Crippen molar-refractivity contribution >= 4 is 54.9 Å². The molecule has 2 N–H and O–H groups in total. The summed E-state index contributed by atoms with van der Waals surface area (Å²) in [5, 5.41) is 5.67. The van der Waals surface area contributed by atoms with E-state index in [0.717, 1.165) is 36.6 Å². The van der Waals surface area contributed by atoms with Crippen LogP contribution in [0.4, 0.5) is 5.69 Å². The molecule has 34 heavy (non-hydrogen) atoms. The summed E-state index contributed by atoms with van der Waals surface area (Å²) in [6, 6.07) is 11.6. The predicted octanol–water partition coefficient (Wildman–Crippen LogP) is 5.32. The van der Waals surface area contributed by atoms with Crippen LogP contribution in [0.15, 0.2) is 51.8 Å². The largest absolute Gasteiger partial charge is 0.490 e. The fraction of sp³-hybridized carbons (Fsp3) is 0.417. The molecule has 0 atom stereocenters. The highest BCUT2D eigenvalue weighted by atomic mass is 79.9. The molecule has 1 amide bonds. The molecule has 0 spiro atoms. The van der Waals surface area contributed by atoms with Crippen LogP contribution in [0, 0.1) is 0 Å². The number of hydrogen-bond acceptors (Lipinski definition) is 5. The van der Waals surface area contributed by atoms with Gasteiger partial charge in [0.2, 0.25) is 10.0 Å². The van der Waals surface area contributed by atoms with Crippen LogP contribution < -0.4 is 15.4 Å². The minimum atomic E-state index is -3.57. The Labute approximate surface area is 215 Å². The lowest BCUT2D eigenvalue weighted by molar-refractivity contribution is 0.0972. The molecule has 0 unspecified atom stereocenters. The van der Waals surface area contributed by atoms with E-state index in [9.17, 15) is 13.2 Å². The van der Waals surface area contributed by atoms with Gasteiger partial charge in [0.05, 0.1) is 16.6 Å². The lowest BCUT2D eigenvalue weighted by Crippen LogP contribution is -2.38. The number of ether oxygens (including phenoxy) is 1. The van der Waals surface area contributed by atoms with E-state index in [0.29, 0.717) is 17.0 Å². The van der Waals surface area contributed by atoms with Crippen LogP contribution in [0.5, 0.6) is 5.75 Å². The summed E-state index contributed by atoms with van der Waals surface area (Å²) in [4.78, 5) is 13.0. The van der Waals surface area contributed by atoms with Gasteiger partial charge in [-0.1, -0.05) is 35.2 Å². The molecular weight excluding hydrogens is 538 g/mol. The van der Waals surface area contributed by atoms with E-state index < -0.39 is 15.9 Å². The second-order valence-electron chi connectivity index (χ2n) is 8.55. The maximum absolute atomic E-state index is 13.0. The van der Waals surface area contributed by atoms with Crippen molar-refractivity contribution < 1.29 is 17.9 Å². The Balaban J connectivity index is 1.65. The SMILES string of the molecule is CC(C)Oc1ccc(Br)cc1C(=O)NC(=S)Nc1ccc(S(=O)(=O)N(C)C2CCCCC2)cc1. The number of benzene rings is 2. The molecule has 0 bridgehead atoms. The molecule has 3 rings (SSSR count). The lowest BCUT2D eigenvalue weighted by atomic mass is 9.96. The van der Waals surface area contributed by atoms with Crippen molar-refractivity contribution in [2.75, 3.05) is 12.4 Å². The fourth-order valence-electron chi connectivity index (χ4n) is 3.89. The number of carbonyl (C=O) groups excluding carboxylic acids is 1. The fourth-order valence-corrected chi connectivity index (χ4v) is 5.87. The molecule has 0 aromatic heterocycles. The van der Waals surface area contributed by atoms with E-state index in [1.165, 1.54) is 4.31 Å². The Morgan fingerprint density at radius 1 is 1.12 bits per heavy atom. The van der Waals surface area contributed by atoms with Crippen LogP contribution in [-0.4, -0.2) is 42.9 Å². The number of anilines is 1. The topological polar surface area (TPSA) is 87.7 Å². The van der Waals surface area contributed by atoms with Gasteiger partial charge in [-0.15, -0.1) is 0 Å².